The Morgan fingerprint density at radius 2 is 0.896 bits per heavy atom. The molecule has 0 aliphatic carbocycles. The Bertz CT molecular complexity index is 3340. The van der Waals surface area contributed by atoms with Crippen LogP contribution in [0, 0.1) is 6.92 Å². The lowest BCUT2D eigenvalue weighted by molar-refractivity contribution is -0.0499. The van der Waals surface area contributed by atoms with E-state index in [1.807, 2.05) is 98.2 Å². The molecule has 0 saturated carbocycles. The van der Waals surface area contributed by atoms with Gasteiger partial charge in [-0.15, -0.1) is 0 Å². The molecule has 0 radical (unpaired) electrons. The second kappa shape index (κ2) is 17.6. The summed E-state index contributed by atoms with van der Waals surface area (Å²) in [5.41, 5.74) is 7.30. The van der Waals surface area contributed by atoms with Gasteiger partial charge in [0.05, 0.1) is 17.1 Å². The number of pyridine rings is 1. The van der Waals surface area contributed by atoms with Crippen molar-refractivity contribution in [3.8, 4) is 95.1 Å². The molecule has 0 atom stereocenters. The summed E-state index contributed by atoms with van der Waals surface area (Å²) in [7, 11) is -6.07. The molecule has 3 aromatic heterocycles. The fourth-order valence-electron chi connectivity index (χ4n) is 8.24. The van der Waals surface area contributed by atoms with Gasteiger partial charge in [-0.3, -0.25) is 4.98 Å². The molecule has 3 heterocycles. The van der Waals surface area contributed by atoms with E-state index in [1.165, 1.54) is 6.07 Å². The molecule has 0 unspecified atom stereocenters. The van der Waals surface area contributed by atoms with Crippen molar-refractivity contribution < 1.29 is 25.8 Å². The lowest BCUT2D eigenvalue weighted by atomic mass is 9.86. The van der Waals surface area contributed by atoms with E-state index in [9.17, 15) is 21.6 Å². The molecule has 10 aromatic rings. The SMILES string of the molecule is Cc1ccc(-c2ccc(-c3ccccc3-c3cc(-c4ccccc4-c4ccc(-n5cccn5)cc4)cc(-c4ccccc4-c4ccc(-n5cccn5)cc4)c3)c(OS(=O)(=O)C(F)(F)F)c2)nc1. The molecule has 0 bridgehead atoms. The van der Waals surface area contributed by atoms with Gasteiger partial charge in [0, 0.05) is 42.1 Å². The van der Waals surface area contributed by atoms with Crippen LogP contribution in [0.5, 0.6) is 5.75 Å². The van der Waals surface area contributed by atoms with Crippen molar-refractivity contribution in [2.24, 2.45) is 0 Å². The Kier molecular flexibility index (Phi) is 11.2. The van der Waals surface area contributed by atoms with Crippen LogP contribution in [-0.4, -0.2) is 38.5 Å². The maximum atomic E-state index is 14.0. The summed E-state index contributed by atoms with van der Waals surface area (Å²) < 4.78 is 76.2. The molecule has 67 heavy (non-hydrogen) atoms. The Labute approximate surface area is 385 Å². The van der Waals surface area contributed by atoms with Crippen molar-refractivity contribution in [2.75, 3.05) is 0 Å². The van der Waals surface area contributed by atoms with Crippen molar-refractivity contribution in [1.82, 2.24) is 24.5 Å². The standard InChI is InChI=1S/C55H38F3N5O3S/c1-37-16-27-53(59-36-37)40-21-26-52(54(35-40)66-67(64,65)55(56,57)58)51-15-7-6-14-50(51)43-33-41(48-12-4-2-10-46(48)38-17-22-44(23-18-38)62-30-8-28-60-62)32-42(34-43)49-13-5-3-11-47(49)39-19-24-45(25-20-39)63-31-9-29-61-63/h2-36H,1H3. The third-order valence-corrected chi connectivity index (χ3v) is 12.5. The van der Waals surface area contributed by atoms with Crippen LogP contribution in [0.2, 0.25) is 0 Å². The number of halogens is 3. The Balaban J connectivity index is 1.16. The van der Waals surface area contributed by atoms with Gasteiger partial charge in [0.25, 0.3) is 0 Å². The summed E-state index contributed by atoms with van der Waals surface area (Å²) in [4.78, 5) is 4.43. The lowest BCUT2D eigenvalue weighted by Gasteiger charge is -2.19. The molecule has 0 aliphatic rings. The number of alkyl halides is 3. The van der Waals surface area contributed by atoms with Gasteiger partial charge in [-0.25, -0.2) is 9.36 Å². The summed E-state index contributed by atoms with van der Waals surface area (Å²) in [5.74, 6) is -0.492. The van der Waals surface area contributed by atoms with Crippen LogP contribution in [0.1, 0.15) is 5.56 Å². The Morgan fingerprint density at radius 1 is 0.463 bits per heavy atom. The molecule has 0 saturated heterocycles. The van der Waals surface area contributed by atoms with Gasteiger partial charge >= 0.3 is 15.6 Å². The normalized spacial score (nSPS) is 11.7. The van der Waals surface area contributed by atoms with E-state index in [-0.39, 0.29) is 5.56 Å². The van der Waals surface area contributed by atoms with E-state index in [0.29, 0.717) is 22.4 Å². The van der Waals surface area contributed by atoms with Gasteiger partial charge in [0.2, 0.25) is 0 Å². The van der Waals surface area contributed by atoms with Crippen LogP contribution in [0.15, 0.2) is 213 Å². The van der Waals surface area contributed by atoms with Gasteiger partial charge in [-0.2, -0.15) is 31.8 Å². The van der Waals surface area contributed by atoms with Crippen molar-refractivity contribution >= 4 is 10.1 Å². The van der Waals surface area contributed by atoms with E-state index >= 15 is 0 Å². The minimum Gasteiger partial charge on any atom is -0.375 e. The van der Waals surface area contributed by atoms with Crippen molar-refractivity contribution in [2.45, 2.75) is 12.4 Å². The van der Waals surface area contributed by atoms with Crippen LogP contribution in [0.4, 0.5) is 13.2 Å². The summed E-state index contributed by atoms with van der Waals surface area (Å²) in [6, 6.07) is 57.8. The van der Waals surface area contributed by atoms with Gasteiger partial charge in [-0.1, -0.05) is 109 Å². The average molecular weight is 906 g/mol. The zero-order valence-electron chi connectivity index (χ0n) is 35.7. The van der Waals surface area contributed by atoms with E-state index < -0.39 is 21.4 Å². The number of aryl methyl sites for hydroxylation is 1. The van der Waals surface area contributed by atoms with Crippen LogP contribution >= 0.6 is 0 Å². The van der Waals surface area contributed by atoms with E-state index in [1.54, 1.807) is 58.3 Å². The quantitative estimate of drug-likeness (QED) is 0.0948. The third-order valence-electron chi connectivity index (χ3n) is 11.5. The van der Waals surface area contributed by atoms with Crippen LogP contribution < -0.4 is 4.18 Å². The number of benzene rings is 7. The molecule has 10 rings (SSSR count). The molecular formula is C55H38F3N5O3S. The van der Waals surface area contributed by atoms with Gasteiger partial charge in [0.15, 0.2) is 5.75 Å². The zero-order chi connectivity index (χ0) is 46.1. The highest BCUT2D eigenvalue weighted by Crippen LogP contribution is 2.45. The fraction of sp³-hybridized carbons (Fsp3) is 0.0364. The Morgan fingerprint density at radius 3 is 1.31 bits per heavy atom. The number of hydrogen-bond acceptors (Lipinski definition) is 6. The molecule has 7 aromatic carbocycles. The number of rotatable bonds is 11. The maximum absolute atomic E-state index is 14.0. The first kappa shape index (κ1) is 42.6. The van der Waals surface area contributed by atoms with E-state index in [4.69, 9.17) is 4.18 Å². The summed E-state index contributed by atoms with van der Waals surface area (Å²) >= 11 is 0. The van der Waals surface area contributed by atoms with Crippen molar-refractivity contribution in [1.29, 1.82) is 0 Å². The lowest BCUT2D eigenvalue weighted by Crippen LogP contribution is -2.28. The van der Waals surface area contributed by atoms with Gasteiger partial charge < -0.3 is 4.18 Å². The second-order valence-electron chi connectivity index (χ2n) is 15.8. The van der Waals surface area contributed by atoms with Crippen molar-refractivity contribution in [3.63, 3.8) is 0 Å². The first-order chi connectivity index (χ1) is 32.5. The molecule has 0 aliphatic heterocycles. The highest BCUT2D eigenvalue weighted by Gasteiger charge is 2.49. The molecule has 12 heteroatoms. The van der Waals surface area contributed by atoms with E-state index in [0.717, 1.165) is 67.0 Å². The zero-order valence-corrected chi connectivity index (χ0v) is 36.5. The number of hydrogen-bond donors (Lipinski definition) is 0. The van der Waals surface area contributed by atoms with Crippen LogP contribution in [0.25, 0.3) is 89.4 Å². The maximum Gasteiger partial charge on any atom is 0.534 e. The minimum absolute atomic E-state index is 0.140. The largest absolute Gasteiger partial charge is 0.534 e. The average Bonchev–Trinajstić information content (AvgIpc) is 4.11. The molecule has 0 spiro atoms. The smallest absolute Gasteiger partial charge is 0.375 e. The second-order valence-corrected chi connectivity index (χ2v) is 17.4. The predicted molar refractivity (Wildman–Crippen MR) is 257 cm³/mol. The molecule has 0 N–H and O–H groups in total. The van der Waals surface area contributed by atoms with Gasteiger partial charge in [0.1, 0.15) is 0 Å². The summed E-state index contributed by atoms with van der Waals surface area (Å²) in [5, 5.41) is 8.76. The summed E-state index contributed by atoms with van der Waals surface area (Å²) in [6.45, 7) is 1.86. The topological polar surface area (TPSA) is 91.9 Å². The third kappa shape index (κ3) is 8.65. The molecule has 8 nitrogen and oxygen atoms in total. The molecule has 0 amide bonds. The fourth-order valence-corrected chi connectivity index (χ4v) is 8.71. The van der Waals surface area contributed by atoms with Crippen LogP contribution in [0.3, 0.4) is 0 Å². The number of aromatic nitrogens is 5. The monoisotopic (exact) mass is 905 g/mol. The van der Waals surface area contributed by atoms with Gasteiger partial charge in [-0.05, 0) is 146 Å². The molecule has 0 fully saturated rings. The highest BCUT2D eigenvalue weighted by molar-refractivity contribution is 7.88. The van der Waals surface area contributed by atoms with E-state index in [2.05, 4.69) is 81.9 Å². The minimum atomic E-state index is -6.07. The first-order valence-corrected chi connectivity index (χ1v) is 22.6. The highest BCUT2D eigenvalue weighted by atomic mass is 32.2. The molecular weight excluding hydrogens is 868 g/mol. The van der Waals surface area contributed by atoms with Crippen molar-refractivity contribution in [3.05, 3.63) is 219 Å². The Hall–Kier alpha value is -8.35. The van der Waals surface area contributed by atoms with Crippen LogP contribution in [-0.2, 0) is 10.1 Å². The molecule has 328 valence electrons. The predicted octanol–water partition coefficient (Wildman–Crippen LogP) is 13.7. The first-order valence-electron chi connectivity index (χ1n) is 21.2. The summed E-state index contributed by atoms with van der Waals surface area (Å²) in [6.07, 6.45) is 8.87. The number of nitrogens with zero attached hydrogens (tertiary/aromatic N) is 5.